The number of hydrogen-bond acceptors (Lipinski definition) is 3. The first-order valence-corrected chi connectivity index (χ1v) is 11.9. The minimum absolute atomic E-state index is 0.574. The lowest BCUT2D eigenvalue weighted by Gasteiger charge is -2.28. The summed E-state index contributed by atoms with van der Waals surface area (Å²) < 4.78 is 15.9. The minimum Gasteiger partial charge on any atom is -0.372 e. The molecule has 1 aliphatic rings. The van der Waals surface area contributed by atoms with Gasteiger partial charge in [0.1, 0.15) is 0 Å². The summed E-state index contributed by atoms with van der Waals surface area (Å²) in [5.41, 5.74) is 2.16. The second-order valence-electron chi connectivity index (χ2n) is 7.83. The van der Waals surface area contributed by atoms with E-state index in [4.69, 9.17) is 5.10 Å². The lowest BCUT2D eigenvalue weighted by molar-refractivity contribution is 0.578. The van der Waals surface area contributed by atoms with Gasteiger partial charge < -0.3 is 4.90 Å². The second-order valence-corrected chi connectivity index (χ2v) is 10.0. The van der Waals surface area contributed by atoms with Gasteiger partial charge in [-0.15, -0.1) is 0 Å². The molecular weight excluding hydrogens is 378 g/mol. The molecule has 2 heterocycles. The van der Waals surface area contributed by atoms with E-state index < -0.39 is 9.52 Å². The number of anilines is 1. The Bertz CT molecular complexity index is 1310. The average molecular weight is 404 g/mol. The molecule has 4 nitrogen and oxygen atoms in total. The summed E-state index contributed by atoms with van der Waals surface area (Å²) >= 11 is 0. The van der Waals surface area contributed by atoms with E-state index in [0.717, 1.165) is 39.7 Å². The third kappa shape index (κ3) is 3.01. The van der Waals surface area contributed by atoms with E-state index >= 15 is 0 Å². The highest BCUT2D eigenvalue weighted by molar-refractivity contribution is 8.00. The van der Waals surface area contributed by atoms with Crippen molar-refractivity contribution in [1.29, 1.82) is 0 Å². The first-order valence-electron chi connectivity index (χ1n) is 10.1. The van der Waals surface area contributed by atoms with Crippen LogP contribution in [0.25, 0.3) is 21.7 Å². The van der Waals surface area contributed by atoms with Crippen molar-refractivity contribution in [3.05, 3.63) is 60.7 Å². The van der Waals surface area contributed by atoms with E-state index in [1.807, 2.05) is 54.2 Å². The molecule has 0 amide bonds. The van der Waals surface area contributed by atoms with Gasteiger partial charge in [-0.2, -0.15) is 5.10 Å². The monoisotopic (exact) mass is 403 g/mol. The van der Waals surface area contributed by atoms with Gasteiger partial charge in [-0.05, 0) is 60.2 Å². The molecule has 4 aromatic rings. The molecule has 1 atom stereocenters. The first-order chi connectivity index (χ1) is 14.1. The van der Waals surface area contributed by atoms with Crippen molar-refractivity contribution in [2.45, 2.75) is 29.2 Å². The van der Waals surface area contributed by atoms with Crippen LogP contribution in [-0.4, -0.2) is 32.9 Å². The van der Waals surface area contributed by atoms with Gasteiger partial charge in [-0.25, -0.2) is 0 Å². The zero-order chi connectivity index (χ0) is 20.0. The maximum Gasteiger partial charge on any atom is 0.153 e. The Morgan fingerprint density at radius 1 is 0.931 bits per heavy atom. The van der Waals surface area contributed by atoms with E-state index in [0.29, 0.717) is 5.03 Å². The van der Waals surface area contributed by atoms with Gasteiger partial charge in [-0.1, -0.05) is 36.4 Å². The molecular formula is C24H25N3OS. The third-order valence-electron chi connectivity index (χ3n) is 5.94. The molecule has 0 bridgehead atoms. The fourth-order valence-electron chi connectivity index (χ4n) is 4.40. The minimum atomic E-state index is -2.77. The quantitative estimate of drug-likeness (QED) is 0.459. The van der Waals surface area contributed by atoms with Crippen LogP contribution in [0.3, 0.4) is 0 Å². The van der Waals surface area contributed by atoms with Crippen LogP contribution in [0.1, 0.15) is 19.3 Å². The van der Waals surface area contributed by atoms with Crippen molar-refractivity contribution in [3.8, 4) is 0 Å². The molecule has 0 spiro atoms. The molecule has 0 radical (unpaired) electrons. The fraction of sp³-hybridized carbons (Fsp3) is 0.250. The molecule has 1 saturated heterocycles. The number of benzene rings is 3. The summed E-state index contributed by atoms with van der Waals surface area (Å²) in [4.78, 5) is 3.17. The molecule has 1 aliphatic heterocycles. The maximum absolute atomic E-state index is 14.1. The van der Waals surface area contributed by atoms with Crippen molar-refractivity contribution in [1.82, 2.24) is 9.78 Å². The average Bonchev–Trinajstić information content (AvgIpc) is 3.10. The Balaban J connectivity index is 1.71. The number of piperidine rings is 1. The highest BCUT2D eigenvalue weighted by Gasteiger charge is 2.22. The topological polar surface area (TPSA) is 38.1 Å². The van der Waals surface area contributed by atoms with Crippen molar-refractivity contribution in [3.63, 3.8) is 0 Å². The van der Waals surface area contributed by atoms with Crippen molar-refractivity contribution < 1.29 is 4.21 Å². The molecule has 3 aromatic carbocycles. The fourth-order valence-corrected chi connectivity index (χ4v) is 6.22. The van der Waals surface area contributed by atoms with Crippen LogP contribution in [0, 0.1) is 0 Å². The summed E-state index contributed by atoms with van der Waals surface area (Å²) in [6, 6.07) is 20.3. The molecule has 1 fully saturated rings. The maximum atomic E-state index is 14.1. The number of rotatable bonds is 3. The van der Waals surface area contributed by atoms with Gasteiger partial charge in [0.15, 0.2) is 5.03 Å². The second kappa shape index (κ2) is 6.92. The van der Waals surface area contributed by atoms with E-state index in [9.17, 15) is 4.21 Å². The Labute approximate surface area is 171 Å². The van der Waals surface area contributed by atoms with E-state index in [2.05, 4.69) is 29.0 Å². The number of nitrogens with zero attached hydrogens (tertiary/aromatic N) is 3. The zero-order valence-corrected chi connectivity index (χ0v) is 17.5. The van der Waals surface area contributed by atoms with Gasteiger partial charge in [-0.3, -0.25) is 8.89 Å². The summed E-state index contributed by atoms with van der Waals surface area (Å²) in [5, 5.41) is 8.24. The normalized spacial score (nSPS) is 16.9. The van der Waals surface area contributed by atoms with Gasteiger partial charge in [0.25, 0.3) is 0 Å². The molecule has 1 unspecified atom stereocenters. The van der Waals surface area contributed by atoms with Gasteiger partial charge >= 0.3 is 0 Å². The van der Waals surface area contributed by atoms with Crippen LogP contribution in [-0.2, 0) is 16.6 Å². The summed E-state index contributed by atoms with van der Waals surface area (Å²) in [6.45, 7) is 2.15. The van der Waals surface area contributed by atoms with E-state index in [1.54, 1.807) is 0 Å². The van der Waals surface area contributed by atoms with E-state index in [-0.39, 0.29) is 0 Å². The van der Waals surface area contributed by atoms with Gasteiger partial charge in [0.2, 0.25) is 0 Å². The summed E-state index contributed by atoms with van der Waals surface area (Å²) in [7, 11) is -0.862. The van der Waals surface area contributed by atoms with Crippen LogP contribution in [0.5, 0.6) is 0 Å². The Hall–Kier alpha value is -2.79. The number of aryl methyl sites for hydroxylation is 1. The van der Waals surface area contributed by atoms with Crippen LogP contribution in [0.15, 0.2) is 70.6 Å². The number of aromatic nitrogens is 2. The molecule has 0 saturated carbocycles. The van der Waals surface area contributed by atoms with Crippen molar-refractivity contribution in [2.24, 2.45) is 7.05 Å². The SMILES string of the molecule is C=S(=O)(c1cccc2ccccc12)c1nn(C)c2ccc(N3CCCCC3)cc12. The lowest BCUT2D eigenvalue weighted by atomic mass is 10.1. The van der Waals surface area contributed by atoms with Crippen molar-refractivity contribution >= 4 is 42.8 Å². The van der Waals surface area contributed by atoms with Gasteiger partial charge in [0.05, 0.1) is 5.52 Å². The van der Waals surface area contributed by atoms with Crippen LogP contribution >= 0.6 is 0 Å². The molecule has 29 heavy (non-hydrogen) atoms. The molecule has 5 rings (SSSR count). The molecule has 0 N–H and O–H groups in total. The predicted molar refractivity (Wildman–Crippen MR) is 123 cm³/mol. The first kappa shape index (κ1) is 18.3. The number of fused-ring (bicyclic) bond motifs is 2. The summed E-state index contributed by atoms with van der Waals surface area (Å²) in [6.07, 6.45) is 3.74. The van der Waals surface area contributed by atoms with Crippen LogP contribution in [0.4, 0.5) is 5.69 Å². The Morgan fingerprint density at radius 3 is 2.52 bits per heavy atom. The lowest BCUT2D eigenvalue weighted by Crippen LogP contribution is -2.29. The molecule has 0 aliphatic carbocycles. The van der Waals surface area contributed by atoms with Crippen LogP contribution in [0.2, 0.25) is 0 Å². The Kier molecular flexibility index (Phi) is 4.36. The van der Waals surface area contributed by atoms with Crippen molar-refractivity contribution in [2.75, 3.05) is 18.0 Å². The predicted octanol–water partition coefficient (Wildman–Crippen LogP) is 4.85. The largest absolute Gasteiger partial charge is 0.372 e. The summed E-state index contributed by atoms with van der Waals surface area (Å²) in [5.74, 6) is 4.20. The van der Waals surface area contributed by atoms with E-state index in [1.165, 1.54) is 24.9 Å². The molecule has 148 valence electrons. The number of hydrogen-bond donors (Lipinski definition) is 0. The standard InChI is InChI=1S/C24H25N3OS/c1-26-22-14-13-19(27-15-6-3-7-16-27)17-21(22)24(25-26)29(2,28)23-12-8-10-18-9-4-5-11-20(18)23/h4-5,8-14,17H,2-3,6-7,15-16H2,1H3. The highest BCUT2D eigenvalue weighted by Crippen LogP contribution is 2.34. The Morgan fingerprint density at radius 2 is 1.69 bits per heavy atom. The molecule has 1 aromatic heterocycles. The van der Waals surface area contributed by atoms with Crippen LogP contribution < -0.4 is 4.90 Å². The third-order valence-corrected chi connectivity index (χ3v) is 7.93. The van der Waals surface area contributed by atoms with Gasteiger partial charge in [0, 0.05) is 45.6 Å². The molecule has 5 heteroatoms. The smallest absolute Gasteiger partial charge is 0.153 e. The highest BCUT2D eigenvalue weighted by atomic mass is 32.2. The zero-order valence-electron chi connectivity index (χ0n) is 16.7.